The molecule has 0 radical (unpaired) electrons. The van der Waals surface area contributed by atoms with Gasteiger partial charge >= 0.3 is 0 Å². The maximum Gasteiger partial charge on any atom is 0.0489 e. The van der Waals surface area contributed by atoms with E-state index in [1.165, 1.54) is 11.1 Å². The summed E-state index contributed by atoms with van der Waals surface area (Å²) in [6, 6.07) is 8.58. The molecule has 0 saturated carbocycles. The highest BCUT2D eigenvalue weighted by Crippen LogP contribution is 2.30. The summed E-state index contributed by atoms with van der Waals surface area (Å²) < 4.78 is 5.64. The first kappa shape index (κ1) is 12.6. The van der Waals surface area contributed by atoms with E-state index >= 15 is 0 Å². The second kappa shape index (κ2) is 5.19. The van der Waals surface area contributed by atoms with Gasteiger partial charge in [-0.1, -0.05) is 38.1 Å². The fraction of sp³-hybridized carbons (Fsp3) is 0.600. The van der Waals surface area contributed by atoms with Crippen molar-refractivity contribution in [3.8, 4) is 0 Å². The van der Waals surface area contributed by atoms with Crippen LogP contribution in [0.1, 0.15) is 31.4 Å². The van der Waals surface area contributed by atoms with E-state index in [2.05, 4.69) is 38.1 Å². The minimum absolute atomic E-state index is 0.0827. The Bertz CT molecular complexity index is 348. The molecule has 0 unspecified atom stereocenters. The number of fused-ring (bicyclic) bond motifs is 1. The van der Waals surface area contributed by atoms with Crippen LogP contribution >= 0.6 is 0 Å². The summed E-state index contributed by atoms with van der Waals surface area (Å²) in [4.78, 5) is 0. The summed E-state index contributed by atoms with van der Waals surface area (Å²) in [6.07, 6.45) is 2.94. The van der Waals surface area contributed by atoms with Crippen LogP contribution in [-0.4, -0.2) is 18.8 Å². The number of nitrogens with two attached hydrogens (primary N) is 1. The van der Waals surface area contributed by atoms with Crippen LogP contribution in [0.4, 0.5) is 0 Å². The number of rotatable bonds is 5. The van der Waals surface area contributed by atoms with Crippen molar-refractivity contribution in [2.24, 2.45) is 11.7 Å². The Morgan fingerprint density at radius 2 is 1.82 bits per heavy atom. The van der Waals surface area contributed by atoms with Gasteiger partial charge in [-0.2, -0.15) is 0 Å². The Morgan fingerprint density at radius 3 is 2.35 bits per heavy atom. The maximum absolute atomic E-state index is 6.45. The molecule has 0 amide bonds. The summed E-state index contributed by atoms with van der Waals surface area (Å²) in [5, 5.41) is 0. The molecule has 17 heavy (non-hydrogen) atoms. The number of hydrogen-bond donors (Lipinski definition) is 1. The minimum Gasteiger partial charge on any atom is -0.381 e. The molecule has 1 aliphatic rings. The second-order valence-electron chi connectivity index (χ2n) is 5.70. The summed E-state index contributed by atoms with van der Waals surface area (Å²) in [7, 11) is 0. The van der Waals surface area contributed by atoms with Gasteiger partial charge in [0, 0.05) is 18.8 Å². The van der Waals surface area contributed by atoms with Gasteiger partial charge < -0.3 is 10.5 Å². The minimum atomic E-state index is -0.0827. The molecule has 2 N–H and O–H groups in total. The number of hydrogen-bond acceptors (Lipinski definition) is 2. The smallest absolute Gasteiger partial charge is 0.0489 e. The first-order valence-corrected chi connectivity index (χ1v) is 6.52. The third kappa shape index (κ3) is 3.30. The van der Waals surface area contributed by atoms with Crippen molar-refractivity contribution in [2.75, 3.05) is 13.2 Å². The molecule has 2 rings (SSSR count). The van der Waals surface area contributed by atoms with E-state index in [0.29, 0.717) is 5.92 Å². The quantitative estimate of drug-likeness (QED) is 0.793. The highest BCUT2D eigenvalue weighted by molar-refractivity contribution is 5.35. The van der Waals surface area contributed by atoms with E-state index in [0.717, 1.165) is 32.5 Å². The maximum atomic E-state index is 6.45. The molecule has 1 aromatic carbocycles. The SMILES string of the molecule is CC(C)COCCC1(N)Cc2ccccc2C1. The standard InChI is InChI=1S/C15H23NO/c1-12(2)11-17-8-7-15(16)9-13-5-3-4-6-14(13)10-15/h3-6,12H,7-11,16H2,1-2H3. The summed E-state index contributed by atoms with van der Waals surface area (Å²) in [5.41, 5.74) is 9.19. The normalized spacial score (nSPS) is 17.4. The van der Waals surface area contributed by atoms with Crippen molar-refractivity contribution in [2.45, 2.75) is 38.6 Å². The monoisotopic (exact) mass is 233 g/mol. The van der Waals surface area contributed by atoms with Crippen LogP contribution in [0.15, 0.2) is 24.3 Å². The molecule has 0 heterocycles. The Hall–Kier alpha value is -0.860. The van der Waals surface area contributed by atoms with Crippen molar-refractivity contribution >= 4 is 0 Å². The number of ether oxygens (including phenoxy) is 1. The van der Waals surface area contributed by atoms with Crippen LogP contribution in [0.5, 0.6) is 0 Å². The second-order valence-corrected chi connectivity index (χ2v) is 5.70. The van der Waals surface area contributed by atoms with E-state index in [1.807, 2.05) is 0 Å². The molecule has 0 atom stereocenters. The molecule has 1 aliphatic carbocycles. The Labute approximate surface area is 104 Å². The predicted molar refractivity (Wildman–Crippen MR) is 71.0 cm³/mol. The lowest BCUT2D eigenvalue weighted by Gasteiger charge is -2.23. The zero-order chi connectivity index (χ0) is 12.3. The lowest BCUT2D eigenvalue weighted by atomic mass is 9.93. The fourth-order valence-corrected chi connectivity index (χ4v) is 2.49. The Morgan fingerprint density at radius 1 is 1.24 bits per heavy atom. The first-order valence-electron chi connectivity index (χ1n) is 6.52. The van der Waals surface area contributed by atoms with E-state index in [4.69, 9.17) is 10.5 Å². The first-order chi connectivity index (χ1) is 8.09. The van der Waals surface area contributed by atoms with Gasteiger partial charge in [0.05, 0.1) is 0 Å². The van der Waals surface area contributed by atoms with Crippen LogP contribution in [0, 0.1) is 5.92 Å². The lowest BCUT2D eigenvalue weighted by molar-refractivity contribution is 0.0942. The molecule has 0 aromatic heterocycles. The fourth-order valence-electron chi connectivity index (χ4n) is 2.49. The molecule has 2 nitrogen and oxygen atoms in total. The molecule has 0 spiro atoms. The van der Waals surface area contributed by atoms with Crippen molar-refractivity contribution in [1.82, 2.24) is 0 Å². The van der Waals surface area contributed by atoms with Gasteiger partial charge in [-0.25, -0.2) is 0 Å². The highest BCUT2D eigenvalue weighted by atomic mass is 16.5. The van der Waals surface area contributed by atoms with Crippen molar-refractivity contribution in [3.63, 3.8) is 0 Å². The number of benzene rings is 1. The topological polar surface area (TPSA) is 35.2 Å². The average molecular weight is 233 g/mol. The molecular formula is C15H23NO. The van der Waals surface area contributed by atoms with Crippen molar-refractivity contribution in [3.05, 3.63) is 35.4 Å². The summed E-state index contributed by atoms with van der Waals surface area (Å²) >= 11 is 0. The van der Waals surface area contributed by atoms with Gasteiger partial charge in [0.25, 0.3) is 0 Å². The Kier molecular flexibility index (Phi) is 3.85. The third-order valence-electron chi connectivity index (χ3n) is 3.40. The molecular weight excluding hydrogens is 210 g/mol. The zero-order valence-electron chi connectivity index (χ0n) is 10.9. The molecule has 2 heteroatoms. The van der Waals surface area contributed by atoms with Gasteiger partial charge in [0.2, 0.25) is 0 Å². The highest BCUT2D eigenvalue weighted by Gasteiger charge is 2.32. The van der Waals surface area contributed by atoms with Gasteiger partial charge in [-0.15, -0.1) is 0 Å². The van der Waals surface area contributed by atoms with Crippen LogP contribution in [0.2, 0.25) is 0 Å². The van der Waals surface area contributed by atoms with Crippen molar-refractivity contribution in [1.29, 1.82) is 0 Å². The predicted octanol–water partition coefficient (Wildman–Crippen LogP) is 2.55. The molecule has 94 valence electrons. The van der Waals surface area contributed by atoms with Crippen LogP contribution in [-0.2, 0) is 17.6 Å². The molecule has 0 fully saturated rings. The van der Waals surface area contributed by atoms with Crippen LogP contribution < -0.4 is 5.73 Å². The average Bonchev–Trinajstić information content (AvgIpc) is 2.61. The molecule has 0 saturated heterocycles. The van der Waals surface area contributed by atoms with Gasteiger partial charge in [-0.3, -0.25) is 0 Å². The van der Waals surface area contributed by atoms with Gasteiger partial charge in [-0.05, 0) is 36.3 Å². The van der Waals surface area contributed by atoms with Crippen LogP contribution in [0.25, 0.3) is 0 Å². The lowest BCUT2D eigenvalue weighted by Crippen LogP contribution is -2.41. The van der Waals surface area contributed by atoms with E-state index in [1.54, 1.807) is 0 Å². The van der Waals surface area contributed by atoms with Gasteiger partial charge in [0.15, 0.2) is 0 Å². The largest absolute Gasteiger partial charge is 0.381 e. The zero-order valence-corrected chi connectivity index (χ0v) is 10.9. The van der Waals surface area contributed by atoms with Gasteiger partial charge in [0.1, 0.15) is 0 Å². The van der Waals surface area contributed by atoms with E-state index < -0.39 is 0 Å². The molecule has 1 aromatic rings. The van der Waals surface area contributed by atoms with E-state index in [-0.39, 0.29) is 5.54 Å². The third-order valence-corrected chi connectivity index (χ3v) is 3.40. The van der Waals surface area contributed by atoms with Crippen molar-refractivity contribution < 1.29 is 4.74 Å². The summed E-state index contributed by atoms with van der Waals surface area (Å²) in [6.45, 7) is 5.96. The van der Waals surface area contributed by atoms with Crippen LogP contribution in [0.3, 0.4) is 0 Å². The molecule has 0 bridgehead atoms. The Balaban J connectivity index is 1.83. The van der Waals surface area contributed by atoms with E-state index in [9.17, 15) is 0 Å². The summed E-state index contributed by atoms with van der Waals surface area (Å²) in [5.74, 6) is 0.601. The molecule has 0 aliphatic heterocycles.